The van der Waals surface area contributed by atoms with Crippen LogP contribution in [0.5, 0.6) is 0 Å². The Kier molecular flexibility index (Phi) is 7.29. The van der Waals surface area contributed by atoms with Crippen LogP contribution in [0, 0.1) is 0 Å². The summed E-state index contributed by atoms with van der Waals surface area (Å²) in [5, 5.41) is 10.2. The molecule has 4 nitrogen and oxygen atoms in total. The van der Waals surface area contributed by atoms with E-state index in [1.54, 1.807) is 0 Å². The molecule has 9 aromatic carbocycles. The Morgan fingerprint density at radius 1 is 0.364 bits per heavy atom. The lowest BCUT2D eigenvalue weighted by molar-refractivity contribution is 0.660. The topological polar surface area (TPSA) is 43.1 Å². The van der Waals surface area contributed by atoms with Crippen LogP contribution in [-0.2, 0) is 5.41 Å². The van der Waals surface area contributed by atoms with Crippen molar-refractivity contribution >= 4 is 101 Å². The molecular formula is C60H36N4S2. The molecule has 0 aliphatic heterocycles. The van der Waals surface area contributed by atoms with Gasteiger partial charge >= 0.3 is 0 Å². The van der Waals surface area contributed by atoms with Gasteiger partial charge in [-0.25, -0.2) is 15.0 Å². The highest BCUT2D eigenvalue weighted by atomic mass is 32.1. The minimum absolute atomic E-state index is 0.159. The van der Waals surface area contributed by atoms with Crippen LogP contribution < -0.4 is 0 Å². The van der Waals surface area contributed by atoms with Gasteiger partial charge in [0.05, 0.1) is 16.6 Å². The third-order valence-corrected chi connectivity index (χ3v) is 16.7. The Morgan fingerprint density at radius 3 is 1.88 bits per heavy atom. The van der Waals surface area contributed by atoms with E-state index < -0.39 is 0 Å². The van der Waals surface area contributed by atoms with Crippen LogP contribution in [0.25, 0.3) is 135 Å². The molecule has 0 unspecified atom stereocenters. The lowest BCUT2D eigenvalue weighted by atomic mass is 9.82. The van der Waals surface area contributed by atoms with Gasteiger partial charge in [0.1, 0.15) is 0 Å². The van der Waals surface area contributed by atoms with Gasteiger partial charge in [-0.2, -0.15) is 0 Å². The predicted octanol–water partition coefficient (Wildman–Crippen LogP) is 16.7. The molecule has 0 amide bonds. The summed E-state index contributed by atoms with van der Waals surface area (Å²) in [4.78, 5) is 16.1. The van der Waals surface area contributed by atoms with Crippen molar-refractivity contribution in [3.05, 3.63) is 193 Å². The molecule has 14 aromatic rings. The second-order valence-electron chi connectivity index (χ2n) is 18.3. The van der Waals surface area contributed by atoms with Crippen LogP contribution in [0.4, 0.5) is 0 Å². The maximum atomic E-state index is 5.38. The van der Waals surface area contributed by atoms with Crippen molar-refractivity contribution in [1.29, 1.82) is 0 Å². The Bertz CT molecular complexity index is 4390. The molecule has 0 atom stereocenters. The molecule has 0 saturated carbocycles. The third-order valence-electron chi connectivity index (χ3n) is 14.4. The highest BCUT2D eigenvalue weighted by Gasteiger charge is 2.35. The second kappa shape index (κ2) is 13.2. The van der Waals surface area contributed by atoms with Crippen LogP contribution in [0.2, 0.25) is 0 Å². The molecule has 0 N–H and O–H groups in total. The number of hydrogen-bond donors (Lipinski definition) is 0. The van der Waals surface area contributed by atoms with Gasteiger partial charge in [0.15, 0.2) is 17.5 Å². The Labute approximate surface area is 387 Å². The van der Waals surface area contributed by atoms with Gasteiger partial charge in [-0.05, 0) is 93.4 Å². The number of para-hydroxylation sites is 1. The van der Waals surface area contributed by atoms with Gasteiger partial charge in [-0.1, -0.05) is 141 Å². The van der Waals surface area contributed by atoms with E-state index in [1.807, 2.05) is 22.7 Å². The molecule has 6 heteroatoms. The fourth-order valence-electron chi connectivity index (χ4n) is 11.4. The molecule has 0 spiro atoms. The first-order valence-corrected chi connectivity index (χ1v) is 24.1. The quantitative estimate of drug-likeness (QED) is 0.177. The summed E-state index contributed by atoms with van der Waals surface area (Å²) >= 11 is 3.70. The molecule has 0 fully saturated rings. The van der Waals surface area contributed by atoms with Crippen LogP contribution in [0.3, 0.4) is 0 Å². The minimum Gasteiger partial charge on any atom is -0.308 e. The molecular weight excluding hydrogens is 841 g/mol. The van der Waals surface area contributed by atoms with Crippen LogP contribution >= 0.6 is 22.7 Å². The Hall–Kier alpha value is -7.77. The van der Waals surface area contributed by atoms with Gasteiger partial charge < -0.3 is 4.40 Å². The van der Waals surface area contributed by atoms with Gasteiger partial charge in [0.2, 0.25) is 0 Å². The zero-order valence-corrected chi connectivity index (χ0v) is 37.6. The molecule has 66 heavy (non-hydrogen) atoms. The number of thiophene rings is 2. The summed E-state index contributed by atoms with van der Waals surface area (Å²) in [5.74, 6) is 1.98. The SMILES string of the molecule is CC1(C)c2ccccc2-c2ccc(-c3nc(-c4cccc(-c5ccc6c(c5)c5cccc7sc8ccc9c%10ccccc%10n6c9c8c75)c4)nc(-c4cccc5sc6ccccc6c45)n3)cc21. The summed E-state index contributed by atoms with van der Waals surface area (Å²) in [6, 6.07) is 66.8. The van der Waals surface area contributed by atoms with Gasteiger partial charge in [-0.15, -0.1) is 22.7 Å². The predicted molar refractivity (Wildman–Crippen MR) is 280 cm³/mol. The number of fused-ring (bicyclic) bond motifs is 12. The number of nitrogens with zero attached hydrogens (tertiary/aromatic N) is 4. The summed E-state index contributed by atoms with van der Waals surface area (Å²) in [7, 11) is 0. The van der Waals surface area contributed by atoms with Gasteiger partial charge in [-0.3, -0.25) is 0 Å². The van der Waals surface area contributed by atoms with Crippen molar-refractivity contribution in [1.82, 2.24) is 19.4 Å². The van der Waals surface area contributed by atoms with Crippen molar-refractivity contribution in [3.63, 3.8) is 0 Å². The first-order chi connectivity index (χ1) is 32.5. The van der Waals surface area contributed by atoms with E-state index in [0.717, 1.165) is 27.8 Å². The van der Waals surface area contributed by atoms with E-state index in [1.165, 1.54) is 101 Å². The zero-order chi connectivity index (χ0) is 43.4. The molecule has 0 saturated heterocycles. The number of aromatic nitrogens is 4. The highest BCUT2D eigenvalue weighted by molar-refractivity contribution is 7.26. The largest absolute Gasteiger partial charge is 0.308 e. The summed E-state index contributed by atoms with van der Waals surface area (Å²) in [5.41, 5.74) is 13.9. The van der Waals surface area contributed by atoms with E-state index in [9.17, 15) is 0 Å². The van der Waals surface area contributed by atoms with Crippen molar-refractivity contribution in [3.8, 4) is 56.4 Å². The average Bonchev–Trinajstić information content (AvgIpc) is 4.08. The van der Waals surface area contributed by atoms with E-state index in [0.29, 0.717) is 17.5 Å². The van der Waals surface area contributed by atoms with Crippen molar-refractivity contribution in [2.75, 3.05) is 0 Å². The molecule has 5 aromatic heterocycles. The lowest BCUT2D eigenvalue weighted by Gasteiger charge is -2.21. The molecule has 1 aliphatic carbocycles. The van der Waals surface area contributed by atoms with Crippen molar-refractivity contribution < 1.29 is 0 Å². The second-order valence-corrected chi connectivity index (χ2v) is 20.5. The fraction of sp³-hybridized carbons (Fsp3) is 0.0500. The normalized spacial score (nSPS) is 13.4. The number of rotatable bonds is 4. The van der Waals surface area contributed by atoms with Crippen molar-refractivity contribution in [2.24, 2.45) is 0 Å². The fourth-order valence-corrected chi connectivity index (χ4v) is 13.6. The molecule has 0 bridgehead atoms. The monoisotopic (exact) mass is 876 g/mol. The maximum absolute atomic E-state index is 5.38. The number of hydrogen-bond acceptors (Lipinski definition) is 5. The van der Waals surface area contributed by atoms with Gasteiger partial charge in [0.25, 0.3) is 0 Å². The highest BCUT2D eigenvalue weighted by Crippen LogP contribution is 2.50. The zero-order valence-electron chi connectivity index (χ0n) is 35.9. The maximum Gasteiger partial charge on any atom is 0.164 e. The van der Waals surface area contributed by atoms with E-state index in [-0.39, 0.29) is 5.41 Å². The smallest absolute Gasteiger partial charge is 0.164 e. The Morgan fingerprint density at radius 2 is 0.970 bits per heavy atom. The van der Waals surface area contributed by atoms with Crippen LogP contribution in [0.15, 0.2) is 182 Å². The average molecular weight is 877 g/mol. The minimum atomic E-state index is -0.159. The van der Waals surface area contributed by atoms with E-state index in [4.69, 9.17) is 15.0 Å². The third kappa shape index (κ3) is 4.95. The summed E-state index contributed by atoms with van der Waals surface area (Å²) < 4.78 is 7.62. The lowest BCUT2D eigenvalue weighted by Crippen LogP contribution is -2.15. The molecule has 15 rings (SSSR count). The molecule has 1 aliphatic rings. The number of benzene rings is 9. The van der Waals surface area contributed by atoms with Gasteiger partial charge in [0, 0.05) is 78.6 Å². The van der Waals surface area contributed by atoms with Crippen LogP contribution in [0.1, 0.15) is 25.0 Å². The molecule has 0 radical (unpaired) electrons. The summed E-state index contributed by atoms with van der Waals surface area (Å²) in [6.07, 6.45) is 0. The van der Waals surface area contributed by atoms with E-state index >= 15 is 0 Å². The Balaban J connectivity index is 0.947. The van der Waals surface area contributed by atoms with Crippen LogP contribution in [-0.4, -0.2) is 19.4 Å². The summed E-state index contributed by atoms with van der Waals surface area (Å²) in [6.45, 7) is 4.65. The first kappa shape index (κ1) is 36.6. The van der Waals surface area contributed by atoms with E-state index in [2.05, 4.69) is 200 Å². The first-order valence-electron chi connectivity index (χ1n) is 22.5. The molecule has 5 heterocycles. The molecule has 308 valence electrons. The van der Waals surface area contributed by atoms with Crippen molar-refractivity contribution in [2.45, 2.75) is 19.3 Å². The standard InChI is InChI=1S/C60H36N4S2/c1-60(2)45-19-6-3-14-37(45)38-26-24-36(32-46(38)60)58-61-57(62-59(63-58)43-18-11-22-50-53(43)42-16-5-8-21-49(42)65-50)35-13-9-12-33(30-35)34-25-28-48-44(31-34)40-17-10-23-51-54(40)55-52(66-51)29-27-41-39-15-4-7-20-47(39)64(48)56(41)55/h3-32H,1-2H3.